The molecule has 31 heavy (non-hydrogen) atoms. The SMILES string of the molecule is Cc1ccc(-c2ccc3c(C4CN(C(=O)c5ccncc5)CCN4C)nnn3c2)cc1. The van der Waals surface area contributed by atoms with Crippen LogP contribution in [0.1, 0.15) is 27.7 Å². The van der Waals surface area contributed by atoms with Gasteiger partial charge in [0.2, 0.25) is 0 Å². The number of likely N-dealkylation sites (N-methyl/N-ethyl adjacent to an activating group) is 1. The number of carbonyl (C=O) groups is 1. The molecule has 0 aliphatic carbocycles. The molecule has 5 rings (SSSR count). The number of nitrogens with zero attached hydrogens (tertiary/aromatic N) is 6. The molecule has 7 heteroatoms. The minimum atomic E-state index is -0.0118. The number of aryl methyl sites for hydroxylation is 1. The molecule has 3 aromatic heterocycles. The lowest BCUT2D eigenvalue weighted by atomic mass is 10.0. The maximum Gasteiger partial charge on any atom is 0.254 e. The van der Waals surface area contributed by atoms with E-state index in [1.54, 1.807) is 24.5 Å². The molecule has 0 spiro atoms. The topological polar surface area (TPSA) is 66.6 Å². The Bertz CT molecular complexity index is 1220. The molecule has 4 aromatic rings. The Kier molecular flexibility index (Phi) is 4.95. The molecule has 1 atom stereocenters. The summed E-state index contributed by atoms with van der Waals surface area (Å²) in [5.74, 6) is 0.0265. The molecule has 1 amide bonds. The molecule has 1 fully saturated rings. The van der Waals surface area contributed by atoms with Crippen LogP contribution in [0, 0.1) is 6.92 Å². The van der Waals surface area contributed by atoms with E-state index in [0.717, 1.165) is 28.9 Å². The lowest BCUT2D eigenvalue weighted by Crippen LogP contribution is -2.49. The number of rotatable bonds is 3. The van der Waals surface area contributed by atoms with Crippen LogP contribution in [0.5, 0.6) is 0 Å². The molecule has 1 aliphatic heterocycles. The van der Waals surface area contributed by atoms with E-state index >= 15 is 0 Å². The molecule has 1 aliphatic rings. The Morgan fingerprint density at radius 3 is 2.48 bits per heavy atom. The van der Waals surface area contributed by atoms with Gasteiger partial charge in [-0.05, 0) is 37.7 Å². The van der Waals surface area contributed by atoms with Crippen molar-refractivity contribution in [2.75, 3.05) is 26.7 Å². The van der Waals surface area contributed by atoms with Crippen molar-refractivity contribution in [1.29, 1.82) is 0 Å². The average Bonchev–Trinajstić information content (AvgIpc) is 3.23. The lowest BCUT2D eigenvalue weighted by molar-refractivity contribution is 0.0542. The van der Waals surface area contributed by atoms with Crippen LogP contribution in [-0.2, 0) is 0 Å². The van der Waals surface area contributed by atoms with Crippen molar-refractivity contribution >= 4 is 11.4 Å². The van der Waals surface area contributed by atoms with E-state index in [1.165, 1.54) is 5.56 Å². The number of benzene rings is 1. The second-order valence-electron chi connectivity index (χ2n) is 8.07. The third-order valence-corrected chi connectivity index (χ3v) is 6.00. The van der Waals surface area contributed by atoms with Crippen molar-refractivity contribution in [2.45, 2.75) is 13.0 Å². The van der Waals surface area contributed by atoms with Crippen molar-refractivity contribution in [3.05, 3.63) is 83.9 Å². The Balaban J connectivity index is 1.43. The van der Waals surface area contributed by atoms with Gasteiger partial charge in [-0.3, -0.25) is 14.7 Å². The fourth-order valence-corrected chi connectivity index (χ4v) is 4.10. The molecule has 1 saturated heterocycles. The van der Waals surface area contributed by atoms with Crippen LogP contribution in [0.4, 0.5) is 0 Å². The zero-order chi connectivity index (χ0) is 21.4. The molecule has 0 bridgehead atoms. The van der Waals surface area contributed by atoms with Crippen molar-refractivity contribution in [3.63, 3.8) is 0 Å². The molecule has 1 unspecified atom stereocenters. The summed E-state index contributed by atoms with van der Waals surface area (Å²) in [6.07, 6.45) is 5.32. The maximum atomic E-state index is 12.9. The number of fused-ring (bicyclic) bond motifs is 1. The number of pyridine rings is 2. The van der Waals surface area contributed by atoms with Gasteiger partial charge in [-0.15, -0.1) is 5.10 Å². The predicted octanol–water partition coefficient (Wildman–Crippen LogP) is 3.23. The van der Waals surface area contributed by atoms with E-state index in [1.807, 2.05) is 15.6 Å². The van der Waals surface area contributed by atoms with Crippen LogP contribution in [0.25, 0.3) is 16.6 Å². The smallest absolute Gasteiger partial charge is 0.254 e. The van der Waals surface area contributed by atoms with Crippen LogP contribution in [-0.4, -0.2) is 62.2 Å². The summed E-state index contributed by atoms with van der Waals surface area (Å²) in [4.78, 5) is 21.1. The second kappa shape index (κ2) is 7.92. The van der Waals surface area contributed by atoms with Gasteiger partial charge in [0, 0.05) is 49.4 Å². The van der Waals surface area contributed by atoms with Gasteiger partial charge >= 0.3 is 0 Å². The zero-order valence-corrected chi connectivity index (χ0v) is 17.6. The third kappa shape index (κ3) is 3.68. The minimum absolute atomic E-state index is 0.0118. The van der Waals surface area contributed by atoms with Crippen molar-refractivity contribution < 1.29 is 4.79 Å². The van der Waals surface area contributed by atoms with Crippen LogP contribution >= 0.6 is 0 Å². The number of hydrogen-bond donors (Lipinski definition) is 0. The summed E-state index contributed by atoms with van der Waals surface area (Å²) in [5, 5.41) is 8.90. The number of amides is 1. The van der Waals surface area contributed by atoms with Crippen LogP contribution in [0.3, 0.4) is 0 Å². The summed E-state index contributed by atoms with van der Waals surface area (Å²) in [6.45, 7) is 4.12. The lowest BCUT2D eigenvalue weighted by Gasteiger charge is -2.38. The molecular weight excluding hydrogens is 388 g/mol. The molecule has 0 N–H and O–H groups in total. The molecule has 4 heterocycles. The summed E-state index contributed by atoms with van der Waals surface area (Å²) >= 11 is 0. The quantitative estimate of drug-likeness (QED) is 0.517. The molecule has 1 aromatic carbocycles. The van der Waals surface area contributed by atoms with Gasteiger partial charge in [-0.1, -0.05) is 41.1 Å². The highest BCUT2D eigenvalue weighted by Gasteiger charge is 2.31. The second-order valence-corrected chi connectivity index (χ2v) is 8.07. The monoisotopic (exact) mass is 412 g/mol. The van der Waals surface area contributed by atoms with Crippen LogP contribution < -0.4 is 0 Å². The standard InChI is InChI=1S/C24H24N6O/c1-17-3-5-18(6-4-17)20-7-8-21-23(26-27-30(21)15-20)22-16-29(14-13-28(22)2)24(31)19-9-11-25-12-10-19/h3-12,15,22H,13-14,16H2,1-2H3. The Morgan fingerprint density at radius 1 is 0.968 bits per heavy atom. The van der Waals surface area contributed by atoms with E-state index < -0.39 is 0 Å². The number of aromatic nitrogens is 4. The zero-order valence-electron chi connectivity index (χ0n) is 17.6. The van der Waals surface area contributed by atoms with Crippen molar-refractivity contribution in [1.82, 2.24) is 29.6 Å². The van der Waals surface area contributed by atoms with Gasteiger partial charge in [0.15, 0.2) is 0 Å². The van der Waals surface area contributed by atoms with E-state index in [9.17, 15) is 4.79 Å². The van der Waals surface area contributed by atoms with E-state index in [-0.39, 0.29) is 11.9 Å². The van der Waals surface area contributed by atoms with Gasteiger partial charge in [-0.25, -0.2) is 4.52 Å². The first-order valence-corrected chi connectivity index (χ1v) is 10.4. The van der Waals surface area contributed by atoms with Gasteiger partial charge in [0.05, 0.1) is 11.6 Å². The first kappa shape index (κ1) is 19.4. The van der Waals surface area contributed by atoms with Crippen molar-refractivity contribution in [2.24, 2.45) is 0 Å². The van der Waals surface area contributed by atoms with E-state index in [0.29, 0.717) is 18.7 Å². The van der Waals surface area contributed by atoms with Gasteiger partial charge in [0.1, 0.15) is 5.69 Å². The maximum absolute atomic E-state index is 12.9. The minimum Gasteiger partial charge on any atom is -0.335 e. The highest BCUT2D eigenvalue weighted by molar-refractivity contribution is 5.94. The van der Waals surface area contributed by atoms with Gasteiger partial charge in [0.25, 0.3) is 5.91 Å². The van der Waals surface area contributed by atoms with Crippen LogP contribution in [0.15, 0.2) is 67.1 Å². The van der Waals surface area contributed by atoms with Crippen molar-refractivity contribution in [3.8, 4) is 11.1 Å². The number of hydrogen-bond acceptors (Lipinski definition) is 5. The summed E-state index contributed by atoms with van der Waals surface area (Å²) in [7, 11) is 2.07. The predicted molar refractivity (Wildman–Crippen MR) is 119 cm³/mol. The Hall–Kier alpha value is -3.58. The van der Waals surface area contributed by atoms with Gasteiger partial charge in [-0.2, -0.15) is 0 Å². The first-order chi connectivity index (χ1) is 15.1. The van der Waals surface area contributed by atoms with E-state index in [2.05, 4.69) is 70.6 Å². The summed E-state index contributed by atoms with van der Waals surface area (Å²) in [5.41, 5.74) is 5.99. The Labute approximate surface area is 180 Å². The van der Waals surface area contributed by atoms with E-state index in [4.69, 9.17) is 0 Å². The fourth-order valence-electron chi connectivity index (χ4n) is 4.10. The summed E-state index contributed by atoms with van der Waals surface area (Å²) < 4.78 is 1.84. The number of carbonyl (C=O) groups excluding carboxylic acids is 1. The molecule has 0 radical (unpaired) electrons. The highest BCUT2D eigenvalue weighted by Crippen LogP contribution is 2.28. The molecule has 0 saturated carbocycles. The average molecular weight is 412 g/mol. The third-order valence-electron chi connectivity index (χ3n) is 6.00. The molecule has 156 valence electrons. The highest BCUT2D eigenvalue weighted by atomic mass is 16.2. The molecular formula is C24H24N6O. The number of piperazine rings is 1. The van der Waals surface area contributed by atoms with Crippen LogP contribution in [0.2, 0.25) is 0 Å². The van der Waals surface area contributed by atoms with Gasteiger partial charge < -0.3 is 4.90 Å². The summed E-state index contributed by atoms with van der Waals surface area (Å²) in [6, 6.07) is 16.1. The fraction of sp³-hybridized carbons (Fsp3) is 0.250. The first-order valence-electron chi connectivity index (χ1n) is 10.4. The molecule has 7 nitrogen and oxygen atoms in total. The normalized spacial score (nSPS) is 17.2. The largest absolute Gasteiger partial charge is 0.335 e. The Morgan fingerprint density at radius 2 is 1.71 bits per heavy atom.